The summed E-state index contributed by atoms with van der Waals surface area (Å²) in [5.74, 6) is 1.83. The molecule has 16 fully saturated rings. The lowest BCUT2D eigenvalue weighted by atomic mass is 9.90. The van der Waals surface area contributed by atoms with E-state index in [-0.39, 0.29) is 160 Å². The molecule has 0 saturated carbocycles. The molecule has 16 aliphatic rings. The zero-order chi connectivity index (χ0) is 77.5. The van der Waals surface area contributed by atoms with E-state index in [1.165, 1.54) is 0 Å². The van der Waals surface area contributed by atoms with Crippen molar-refractivity contribution in [1.82, 2.24) is 15.5 Å². The van der Waals surface area contributed by atoms with Crippen LogP contribution in [0.2, 0.25) is 0 Å². The number of hydrogen-bond acceptors (Lipinski definition) is 32. The minimum atomic E-state index is -0.534. The number of fused-ring (bicyclic) bond motifs is 16. The molecule has 16 aliphatic heterocycles. The molecule has 588 valence electrons. The van der Waals surface area contributed by atoms with Crippen molar-refractivity contribution >= 4 is 86.3 Å². The summed E-state index contributed by atoms with van der Waals surface area (Å²) >= 11 is 3.63. The minimum Gasteiger partial charge on any atom is -0.382 e. The topological polar surface area (TPSA) is 277 Å². The number of rotatable bonds is 24. The van der Waals surface area contributed by atoms with E-state index in [0.29, 0.717) is 66.1 Å². The quantitative estimate of drug-likeness (QED) is 0.0860. The minimum absolute atomic E-state index is 0.00227. The third kappa shape index (κ3) is 17.0. The van der Waals surface area contributed by atoms with Crippen molar-refractivity contribution in [3.63, 3.8) is 0 Å². The highest BCUT2D eigenvalue weighted by Gasteiger charge is 2.67. The highest BCUT2D eigenvalue weighted by atomic mass is 32.2. The standard InChI is InChI=1S/C9H16BNO3.C9H15BO4.2C8H14BNO3.2C8H13BO4.2C8H13BO3S/c1-11-4-9(5-12-2)7(13-3)6(11)8(10)14-9;1-5-9(4-11-2)7(12-3)6(13-5)8(10)14-9;2*1-11-4-8-3-10-5(6(8)12-2)7(9)13-8;2*1-10-3-8-4-12-5(6(8)11-2)7(9)13-8;2*1-10-3-8-4-13-5(6(8)11-2)7(9)12-8/h6-8H,4-5H2,1-3H3;5-8H,4H2,1-3H3;2*5-7,10H,3-4H2,1-2H3;4*5-7H,3-4H2,1-2H3/t6-,7?,8+,9+;5?,6-,7?,8+,9-;5-,6?,7+,8+;5-,6?,7-,8+;5-,6?,7+,8-;5-,6?,7-,8-;5-,6?,7+,8-;5-,6?,7-,8-/m00010101/s1. The molecule has 16 bridgehead atoms. The predicted molar refractivity (Wildman–Crippen MR) is 395 cm³/mol. The van der Waals surface area contributed by atoms with Gasteiger partial charge in [-0.1, -0.05) is 0 Å². The number of hydrogen-bond donors (Lipinski definition) is 2. The lowest BCUT2D eigenvalue weighted by Crippen LogP contribution is -2.50. The molecule has 16 saturated heterocycles. The van der Waals surface area contributed by atoms with Crippen molar-refractivity contribution in [2.24, 2.45) is 0 Å². The molecule has 0 spiro atoms. The summed E-state index contributed by atoms with van der Waals surface area (Å²) in [7, 11) is 74.9. The Labute approximate surface area is 646 Å². The molecule has 16 radical (unpaired) electrons. The van der Waals surface area contributed by atoms with Crippen molar-refractivity contribution in [2.45, 2.75) is 202 Å². The lowest BCUT2D eigenvalue weighted by Gasteiger charge is -2.34. The van der Waals surface area contributed by atoms with Gasteiger partial charge in [-0.15, -0.1) is 0 Å². The maximum absolute atomic E-state index is 5.89. The van der Waals surface area contributed by atoms with Gasteiger partial charge in [0.2, 0.25) is 0 Å². The number of ether oxygens (including phenoxy) is 27. The summed E-state index contributed by atoms with van der Waals surface area (Å²) in [5, 5.41) is 7.08. The second-order valence-corrected chi connectivity index (χ2v) is 31.7. The number of nitrogens with one attached hydrogen (secondary N) is 2. The van der Waals surface area contributed by atoms with Crippen LogP contribution in [0.5, 0.6) is 0 Å². The molecule has 0 aliphatic carbocycles. The molecule has 0 aromatic carbocycles. The first kappa shape index (κ1) is 89.9. The third-order valence-electron chi connectivity index (χ3n) is 22.7. The van der Waals surface area contributed by atoms with Crippen molar-refractivity contribution in [2.75, 3.05) is 218 Å². The summed E-state index contributed by atoms with van der Waals surface area (Å²) < 4.78 is 146. The first-order chi connectivity index (χ1) is 50.7. The van der Waals surface area contributed by atoms with E-state index in [1.54, 1.807) is 114 Å². The molecule has 9 unspecified atom stereocenters. The van der Waals surface area contributed by atoms with E-state index in [1.807, 2.05) is 37.5 Å². The molecule has 0 aromatic heterocycles. The number of nitrogens with zero attached hydrogens (tertiary/aromatic N) is 1. The molecule has 0 aromatic rings. The Morgan fingerprint density at radius 1 is 0.349 bits per heavy atom. The van der Waals surface area contributed by atoms with Crippen molar-refractivity contribution in [1.29, 1.82) is 0 Å². The van der Waals surface area contributed by atoms with E-state index >= 15 is 0 Å². The maximum Gasteiger partial charge on any atom is 0.145 e. The second-order valence-electron chi connectivity index (χ2n) is 29.3. The number of likely N-dealkylation sites (N-methyl/N-ethyl adjacent to an activating group) is 1. The summed E-state index contributed by atoms with van der Waals surface area (Å²) in [4.78, 5) is 2.18. The number of methoxy groups -OCH3 is 16. The third-order valence-corrected chi connectivity index (χ3v) is 25.8. The average Bonchev–Trinajstić information content (AvgIpc) is 1.18. The summed E-state index contributed by atoms with van der Waals surface area (Å²) in [6.07, 6.45) is -0.702. The Morgan fingerprint density at radius 2 is 0.679 bits per heavy atom. The van der Waals surface area contributed by atoms with E-state index in [4.69, 9.17) is 191 Å². The molecule has 40 heteroatoms. The van der Waals surface area contributed by atoms with Gasteiger partial charge >= 0.3 is 0 Å². The smallest absolute Gasteiger partial charge is 0.145 e. The zero-order valence-corrected chi connectivity index (χ0v) is 66.6. The van der Waals surface area contributed by atoms with Crippen LogP contribution in [0.15, 0.2) is 0 Å². The fourth-order valence-electron chi connectivity index (χ4n) is 18.6. The zero-order valence-electron chi connectivity index (χ0n) is 64.9. The lowest BCUT2D eigenvalue weighted by molar-refractivity contribution is -0.178. The van der Waals surface area contributed by atoms with Crippen LogP contribution in [-0.4, -0.2) is 480 Å². The van der Waals surface area contributed by atoms with Crippen LogP contribution in [0, 0.1) is 0 Å². The second kappa shape index (κ2) is 38.4. The molecule has 16 heterocycles. The van der Waals surface area contributed by atoms with Gasteiger partial charge in [0.05, 0.1) is 101 Å². The van der Waals surface area contributed by atoms with Gasteiger partial charge in [-0.25, -0.2) is 0 Å². The Balaban J connectivity index is 0.000000140. The van der Waals surface area contributed by atoms with Crippen LogP contribution in [-0.2, 0) is 128 Å². The summed E-state index contributed by atoms with van der Waals surface area (Å²) in [6.45, 7) is 9.29. The van der Waals surface area contributed by atoms with E-state index in [0.717, 1.165) is 31.1 Å². The molecule has 30 nitrogen and oxygen atoms in total. The van der Waals surface area contributed by atoms with Crippen LogP contribution in [0.25, 0.3) is 0 Å². The van der Waals surface area contributed by atoms with Gasteiger partial charge in [-0.3, -0.25) is 4.90 Å². The predicted octanol–water partition coefficient (Wildman–Crippen LogP) is -4.64. The SMILES string of the molecule is [B][C@@H]1O[C@@]2(COC)C(C)O[C@H]1C2OC.[B][C@@H]1O[C@@]2(COC)CN(C)[C@H]1C2OC.[B][C@@H]1O[C@@]2(COC)CN[C@H]1C2OC.[B][C@@H]1O[C@@]2(COC)CO[C@H]1C2OC.[B][C@@H]1O[C@@]2(COC)CS[C@H]1C2OC.[B][C@@H]1O[C@]2(COC)CN[C@@H]1C2OC.[B][C@@H]1O[C@]2(COC)CO[C@@H]1C2OC.[B][C@@H]1O[C@]2(COC)CS[C@@H]1C2OC. The highest BCUT2D eigenvalue weighted by Crippen LogP contribution is 2.51. The fraction of sp³-hybridized carbons (Fsp3) is 1.00. The van der Waals surface area contributed by atoms with Crippen molar-refractivity contribution in [3.8, 4) is 0 Å². The molecular weight excluding hydrogens is 1420 g/mol. The van der Waals surface area contributed by atoms with Gasteiger partial charge in [-0.2, -0.15) is 23.5 Å². The maximum atomic E-state index is 5.89. The Bertz CT molecular complexity index is 2370. The molecule has 2 N–H and O–H groups in total. The first-order valence-electron chi connectivity index (χ1n) is 35.6. The van der Waals surface area contributed by atoms with Gasteiger partial charge in [-0.05, 0) is 14.0 Å². The Morgan fingerprint density at radius 3 is 1.02 bits per heavy atom. The van der Waals surface area contributed by atoms with E-state index < -0.39 is 34.8 Å². The van der Waals surface area contributed by atoms with Crippen LogP contribution in [0.1, 0.15) is 6.92 Å². The van der Waals surface area contributed by atoms with Crippen LogP contribution >= 0.6 is 23.5 Å². The normalized spacial score (nSPS) is 48.8. The summed E-state index contributed by atoms with van der Waals surface area (Å²) in [5.41, 5.74) is -3.27. The molecule has 33 atom stereocenters. The van der Waals surface area contributed by atoms with Crippen molar-refractivity contribution in [3.05, 3.63) is 0 Å². The van der Waals surface area contributed by atoms with E-state index in [2.05, 4.69) is 15.5 Å². The Kier molecular flexibility index (Phi) is 32.6. The van der Waals surface area contributed by atoms with Gasteiger partial charge in [0, 0.05) is 193 Å². The van der Waals surface area contributed by atoms with Gasteiger partial charge in [0.25, 0.3) is 0 Å². The van der Waals surface area contributed by atoms with Crippen molar-refractivity contribution < 1.29 is 128 Å². The molecular formula is C66H111B8N3O27S2. The largest absolute Gasteiger partial charge is 0.382 e. The van der Waals surface area contributed by atoms with Crippen LogP contribution in [0.4, 0.5) is 0 Å². The first-order valence-corrected chi connectivity index (χ1v) is 37.7. The highest BCUT2D eigenvalue weighted by molar-refractivity contribution is 8.00. The van der Waals surface area contributed by atoms with Crippen LogP contribution in [0.3, 0.4) is 0 Å². The van der Waals surface area contributed by atoms with Gasteiger partial charge in [0.1, 0.15) is 175 Å². The average molecular weight is 1530 g/mol. The van der Waals surface area contributed by atoms with E-state index in [9.17, 15) is 0 Å². The molecule has 0 amide bonds. The fourth-order valence-corrected chi connectivity index (χ4v) is 21.7. The number of likely N-dealkylation sites (tertiary alicyclic amines) is 1. The summed E-state index contributed by atoms with van der Waals surface area (Å²) in [6, 6.07) is -2.11. The van der Waals surface area contributed by atoms with Gasteiger partial charge in [0.15, 0.2) is 0 Å². The van der Waals surface area contributed by atoms with Crippen LogP contribution < -0.4 is 10.6 Å². The monoisotopic (exact) mass is 1530 g/mol. The number of thioether (sulfide) groups is 2. The molecule has 16 rings (SSSR count). The Hall–Kier alpha value is 0.0195. The van der Waals surface area contributed by atoms with Gasteiger partial charge < -0.3 is 139 Å². The number of morpholine rings is 3. The molecule has 106 heavy (non-hydrogen) atoms.